The molecule has 1 amide bonds. The van der Waals surface area contributed by atoms with Crippen molar-refractivity contribution in [2.45, 2.75) is 24.3 Å². The number of hydrogen-bond donors (Lipinski definition) is 1. The Morgan fingerprint density at radius 2 is 1.65 bits per heavy atom. The number of rotatable bonds is 5. The van der Waals surface area contributed by atoms with Crippen molar-refractivity contribution in [2.75, 3.05) is 6.26 Å². The second-order valence-electron chi connectivity index (χ2n) is 5.28. The van der Waals surface area contributed by atoms with Crippen molar-refractivity contribution in [1.82, 2.24) is 5.32 Å². The third-order valence-electron chi connectivity index (χ3n) is 3.53. The van der Waals surface area contributed by atoms with E-state index in [1.807, 2.05) is 6.92 Å². The molecule has 1 unspecified atom stereocenters. The zero-order valence-corrected chi connectivity index (χ0v) is 14.5. The normalized spacial score (nSPS) is 12.7. The average Bonchev–Trinajstić information content (AvgIpc) is 2.52. The Morgan fingerprint density at radius 1 is 1.09 bits per heavy atom. The van der Waals surface area contributed by atoms with E-state index in [1.54, 1.807) is 48.5 Å². The number of hydrogen-bond acceptors (Lipinski definition) is 3. The van der Waals surface area contributed by atoms with Gasteiger partial charge in [0.1, 0.15) is 0 Å². The van der Waals surface area contributed by atoms with E-state index in [0.717, 1.165) is 5.56 Å². The van der Waals surface area contributed by atoms with Gasteiger partial charge in [0.25, 0.3) is 5.91 Å². The average molecular weight is 352 g/mol. The van der Waals surface area contributed by atoms with Crippen LogP contribution in [0.2, 0.25) is 5.02 Å². The van der Waals surface area contributed by atoms with E-state index in [1.165, 1.54) is 6.26 Å². The summed E-state index contributed by atoms with van der Waals surface area (Å²) in [5.41, 5.74) is 1.39. The van der Waals surface area contributed by atoms with Gasteiger partial charge in [-0.05, 0) is 48.4 Å². The summed E-state index contributed by atoms with van der Waals surface area (Å²) in [5.74, 6) is -0.194. The van der Waals surface area contributed by atoms with Crippen LogP contribution in [0, 0.1) is 0 Å². The summed E-state index contributed by atoms with van der Waals surface area (Å²) in [5, 5.41) is 3.52. The van der Waals surface area contributed by atoms with E-state index in [0.29, 0.717) is 17.0 Å². The fourth-order valence-corrected chi connectivity index (χ4v) is 2.97. The van der Waals surface area contributed by atoms with Gasteiger partial charge in [-0.15, -0.1) is 0 Å². The molecule has 122 valence electrons. The van der Waals surface area contributed by atoms with E-state index >= 15 is 0 Å². The Morgan fingerprint density at radius 3 is 2.13 bits per heavy atom. The van der Waals surface area contributed by atoms with Gasteiger partial charge in [-0.1, -0.05) is 30.7 Å². The first-order valence-corrected chi connectivity index (χ1v) is 9.44. The van der Waals surface area contributed by atoms with E-state index in [9.17, 15) is 13.2 Å². The minimum absolute atomic E-state index is 0.188. The van der Waals surface area contributed by atoms with Crippen molar-refractivity contribution in [3.05, 3.63) is 64.7 Å². The highest BCUT2D eigenvalue weighted by Crippen LogP contribution is 2.20. The lowest BCUT2D eigenvalue weighted by atomic mass is 10.0. The lowest BCUT2D eigenvalue weighted by Gasteiger charge is -2.18. The summed E-state index contributed by atoms with van der Waals surface area (Å²) in [6, 6.07) is 13.0. The van der Waals surface area contributed by atoms with Crippen LogP contribution >= 0.6 is 11.6 Å². The SMILES string of the molecule is CCC(NC(=O)c1ccc(Cl)cc1)c1ccc(S(C)(=O)=O)cc1. The van der Waals surface area contributed by atoms with Crippen LogP contribution in [-0.2, 0) is 9.84 Å². The third kappa shape index (κ3) is 4.56. The molecular formula is C17H18ClNO3S. The molecule has 0 aliphatic heterocycles. The number of benzene rings is 2. The monoisotopic (exact) mass is 351 g/mol. The fraction of sp³-hybridized carbons (Fsp3) is 0.235. The Bertz CT molecular complexity index is 784. The number of carbonyl (C=O) groups excluding carboxylic acids is 1. The summed E-state index contributed by atoms with van der Waals surface area (Å²) < 4.78 is 23.0. The number of carbonyl (C=O) groups is 1. The van der Waals surface area contributed by atoms with Crippen molar-refractivity contribution in [3.8, 4) is 0 Å². The van der Waals surface area contributed by atoms with E-state index in [-0.39, 0.29) is 16.8 Å². The minimum atomic E-state index is -3.22. The molecule has 0 heterocycles. The van der Waals surface area contributed by atoms with Crippen LogP contribution in [0.5, 0.6) is 0 Å². The van der Waals surface area contributed by atoms with E-state index in [4.69, 9.17) is 11.6 Å². The van der Waals surface area contributed by atoms with Crippen LogP contribution in [-0.4, -0.2) is 20.6 Å². The Kier molecular flexibility index (Phi) is 5.44. The summed E-state index contributed by atoms with van der Waals surface area (Å²) in [7, 11) is -3.22. The van der Waals surface area contributed by atoms with Gasteiger partial charge in [0.2, 0.25) is 0 Å². The topological polar surface area (TPSA) is 63.2 Å². The van der Waals surface area contributed by atoms with Crippen molar-refractivity contribution < 1.29 is 13.2 Å². The maximum Gasteiger partial charge on any atom is 0.251 e. The summed E-state index contributed by atoms with van der Waals surface area (Å²) >= 11 is 5.82. The largest absolute Gasteiger partial charge is 0.345 e. The van der Waals surface area contributed by atoms with Crippen LogP contribution in [0.25, 0.3) is 0 Å². The smallest absolute Gasteiger partial charge is 0.251 e. The molecule has 1 atom stereocenters. The molecule has 0 bridgehead atoms. The fourth-order valence-electron chi connectivity index (χ4n) is 2.21. The summed E-state index contributed by atoms with van der Waals surface area (Å²) in [6.45, 7) is 1.96. The van der Waals surface area contributed by atoms with Crippen LogP contribution in [0.4, 0.5) is 0 Å². The molecular weight excluding hydrogens is 334 g/mol. The van der Waals surface area contributed by atoms with Crippen molar-refractivity contribution in [2.24, 2.45) is 0 Å². The van der Waals surface area contributed by atoms with Crippen molar-refractivity contribution >= 4 is 27.3 Å². The van der Waals surface area contributed by atoms with Gasteiger partial charge in [-0.25, -0.2) is 8.42 Å². The van der Waals surface area contributed by atoms with Gasteiger partial charge in [-0.3, -0.25) is 4.79 Å². The van der Waals surface area contributed by atoms with Crippen LogP contribution in [0.15, 0.2) is 53.4 Å². The molecule has 0 aliphatic carbocycles. The number of sulfone groups is 1. The second-order valence-corrected chi connectivity index (χ2v) is 7.73. The van der Waals surface area contributed by atoms with Crippen LogP contribution in [0.3, 0.4) is 0 Å². The minimum Gasteiger partial charge on any atom is -0.345 e. The zero-order valence-electron chi connectivity index (χ0n) is 12.9. The standard InChI is InChI=1S/C17H18ClNO3S/c1-3-16(12-6-10-15(11-7-12)23(2,21)22)19-17(20)13-4-8-14(18)9-5-13/h4-11,16H,3H2,1-2H3,(H,19,20). The predicted molar refractivity (Wildman–Crippen MR) is 91.5 cm³/mol. The predicted octanol–water partition coefficient (Wildman–Crippen LogP) is 3.62. The van der Waals surface area contributed by atoms with E-state index in [2.05, 4.69) is 5.32 Å². The number of nitrogens with one attached hydrogen (secondary N) is 1. The van der Waals surface area contributed by atoms with Crippen molar-refractivity contribution in [1.29, 1.82) is 0 Å². The Balaban J connectivity index is 2.16. The first-order valence-electron chi connectivity index (χ1n) is 7.17. The number of amides is 1. The molecule has 0 aromatic heterocycles. The van der Waals surface area contributed by atoms with Gasteiger partial charge < -0.3 is 5.32 Å². The molecule has 0 saturated heterocycles. The lowest BCUT2D eigenvalue weighted by molar-refractivity contribution is 0.0935. The second kappa shape index (κ2) is 7.15. The zero-order chi connectivity index (χ0) is 17.0. The number of halogens is 1. The Labute approximate surface area is 141 Å². The third-order valence-corrected chi connectivity index (χ3v) is 4.91. The maximum absolute atomic E-state index is 12.3. The van der Waals surface area contributed by atoms with Gasteiger partial charge in [0.15, 0.2) is 9.84 Å². The first-order chi connectivity index (χ1) is 10.8. The molecule has 2 rings (SSSR count). The maximum atomic E-state index is 12.3. The molecule has 0 aliphatic rings. The summed E-state index contributed by atoms with van der Waals surface area (Å²) in [6.07, 6.45) is 1.86. The molecule has 0 radical (unpaired) electrons. The molecule has 6 heteroatoms. The molecule has 2 aromatic rings. The quantitative estimate of drug-likeness (QED) is 0.894. The Hall–Kier alpha value is -1.85. The van der Waals surface area contributed by atoms with Gasteiger partial charge in [0.05, 0.1) is 10.9 Å². The van der Waals surface area contributed by atoms with Gasteiger partial charge in [-0.2, -0.15) is 0 Å². The van der Waals surface area contributed by atoms with E-state index < -0.39 is 9.84 Å². The van der Waals surface area contributed by atoms with Gasteiger partial charge >= 0.3 is 0 Å². The highest BCUT2D eigenvalue weighted by molar-refractivity contribution is 7.90. The molecule has 0 saturated carbocycles. The first kappa shape index (κ1) is 17.5. The van der Waals surface area contributed by atoms with Crippen LogP contribution in [0.1, 0.15) is 35.3 Å². The van der Waals surface area contributed by atoms with Crippen molar-refractivity contribution in [3.63, 3.8) is 0 Å². The molecule has 0 spiro atoms. The van der Waals surface area contributed by atoms with Crippen LogP contribution < -0.4 is 5.32 Å². The molecule has 0 fully saturated rings. The molecule has 23 heavy (non-hydrogen) atoms. The molecule has 4 nitrogen and oxygen atoms in total. The van der Waals surface area contributed by atoms with Gasteiger partial charge in [0, 0.05) is 16.8 Å². The molecule has 1 N–H and O–H groups in total. The highest BCUT2D eigenvalue weighted by Gasteiger charge is 2.15. The lowest BCUT2D eigenvalue weighted by Crippen LogP contribution is -2.28. The molecule has 2 aromatic carbocycles. The summed E-state index contributed by atoms with van der Waals surface area (Å²) in [4.78, 5) is 12.5. The highest BCUT2D eigenvalue weighted by atomic mass is 35.5.